The molecule has 0 fully saturated rings. The Bertz CT molecular complexity index is 499. The van der Waals surface area contributed by atoms with E-state index < -0.39 is 0 Å². The molecule has 0 aliphatic carbocycles. The summed E-state index contributed by atoms with van der Waals surface area (Å²) in [6.45, 7) is 1.83. The lowest BCUT2D eigenvalue weighted by Crippen LogP contribution is -2.11. The van der Waals surface area contributed by atoms with Crippen LogP contribution in [0.1, 0.15) is 5.69 Å². The van der Waals surface area contributed by atoms with Gasteiger partial charge >= 0.3 is 0 Å². The van der Waals surface area contributed by atoms with Gasteiger partial charge in [-0.3, -0.25) is 0 Å². The van der Waals surface area contributed by atoms with E-state index in [2.05, 4.69) is 20.5 Å². The van der Waals surface area contributed by atoms with Crippen LogP contribution in [0.4, 0.5) is 5.82 Å². The summed E-state index contributed by atoms with van der Waals surface area (Å²) in [5.41, 5.74) is 3.24. The predicted molar refractivity (Wildman–Crippen MR) is 68.5 cm³/mol. The van der Waals surface area contributed by atoms with Crippen molar-refractivity contribution < 1.29 is 0 Å². The van der Waals surface area contributed by atoms with Crippen LogP contribution >= 0.6 is 23.4 Å². The van der Waals surface area contributed by atoms with Gasteiger partial charge in [0.1, 0.15) is 5.82 Å². The minimum absolute atomic E-state index is 0.531. The number of nitrogens with two attached hydrogens (primary N) is 1. The zero-order valence-electron chi connectivity index (χ0n) is 9.31. The number of nitrogens with zero attached hydrogens (tertiary/aromatic N) is 4. The molecule has 2 rings (SSSR count). The van der Waals surface area contributed by atoms with E-state index in [9.17, 15) is 0 Å². The average molecular weight is 271 g/mol. The molecular weight excluding hydrogens is 260 g/mol. The van der Waals surface area contributed by atoms with Gasteiger partial charge in [0, 0.05) is 6.07 Å². The third-order valence-electron chi connectivity index (χ3n) is 2.10. The van der Waals surface area contributed by atoms with Crippen LogP contribution in [0.25, 0.3) is 5.82 Å². The molecule has 0 aliphatic rings. The molecule has 2 aromatic rings. The molecule has 0 unspecified atom stereocenters. The lowest BCUT2D eigenvalue weighted by molar-refractivity contribution is 0.798. The van der Waals surface area contributed by atoms with Crippen LogP contribution in [0, 0.1) is 6.92 Å². The van der Waals surface area contributed by atoms with Crippen LogP contribution in [0.3, 0.4) is 0 Å². The lowest BCUT2D eigenvalue weighted by atomic mass is 10.5. The number of hydrogen-bond acceptors (Lipinski definition) is 6. The van der Waals surface area contributed by atoms with Crippen LogP contribution in [0.2, 0.25) is 5.02 Å². The Kier molecular flexibility index (Phi) is 3.51. The molecule has 2 aromatic heterocycles. The maximum atomic E-state index is 5.95. The van der Waals surface area contributed by atoms with Crippen molar-refractivity contribution in [2.45, 2.75) is 12.1 Å². The fourth-order valence-electron chi connectivity index (χ4n) is 1.25. The monoisotopic (exact) mass is 270 g/mol. The van der Waals surface area contributed by atoms with Gasteiger partial charge in [-0.05, 0) is 13.2 Å². The van der Waals surface area contributed by atoms with Crippen molar-refractivity contribution in [2.75, 3.05) is 11.7 Å². The Morgan fingerprint density at radius 3 is 2.76 bits per heavy atom. The summed E-state index contributed by atoms with van der Waals surface area (Å²) in [6.07, 6.45) is 3.59. The normalized spacial score (nSPS) is 10.6. The van der Waals surface area contributed by atoms with Gasteiger partial charge in [0.2, 0.25) is 0 Å². The van der Waals surface area contributed by atoms with Gasteiger partial charge in [-0.15, -0.1) is 0 Å². The molecule has 0 radical (unpaired) electrons. The highest BCUT2D eigenvalue weighted by Crippen LogP contribution is 2.19. The molecule has 8 heteroatoms. The molecule has 0 saturated heterocycles. The standard InChI is InChI=1S/C9H11ClN6S/c1-5-6(10)4-16(15-5)8-3-7(14-11)12-9(13-8)17-2/h3-4H,11H2,1-2H3,(H,12,13,14). The van der Waals surface area contributed by atoms with E-state index in [1.54, 1.807) is 16.9 Å². The van der Waals surface area contributed by atoms with Crippen LogP contribution in [0.5, 0.6) is 0 Å². The Morgan fingerprint density at radius 1 is 1.47 bits per heavy atom. The molecule has 3 N–H and O–H groups in total. The molecule has 0 bridgehead atoms. The van der Waals surface area contributed by atoms with Crippen LogP contribution in [-0.2, 0) is 0 Å². The zero-order valence-corrected chi connectivity index (χ0v) is 10.9. The second kappa shape index (κ2) is 4.91. The smallest absolute Gasteiger partial charge is 0.191 e. The summed E-state index contributed by atoms with van der Waals surface area (Å²) in [5, 5.41) is 5.45. The lowest BCUT2D eigenvalue weighted by Gasteiger charge is -2.05. The minimum Gasteiger partial charge on any atom is -0.308 e. The minimum atomic E-state index is 0.531. The number of aryl methyl sites for hydroxylation is 1. The van der Waals surface area contributed by atoms with Crippen molar-refractivity contribution in [1.29, 1.82) is 0 Å². The molecule has 0 spiro atoms. The maximum absolute atomic E-state index is 5.95. The number of halogens is 1. The van der Waals surface area contributed by atoms with Gasteiger partial charge < -0.3 is 5.43 Å². The average Bonchev–Trinajstić information content (AvgIpc) is 2.69. The number of nitrogen functional groups attached to an aromatic ring is 1. The van der Waals surface area contributed by atoms with E-state index in [-0.39, 0.29) is 0 Å². The highest BCUT2D eigenvalue weighted by Gasteiger charge is 2.08. The Morgan fingerprint density at radius 2 is 2.24 bits per heavy atom. The van der Waals surface area contributed by atoms with Crippen LogP contribution in [-0.4, -0.2) is 26.0 Å². The van der Waals surface area contributed by atoms with Crippen molar-refractivity contribution in [2.24, 2.45) is 5.84 Å². The first kappa shape index (κ1) is 12.2. The third-order valence-corrected chi connectivity index (χ3v) is 3.02. The van der Waals surface area contributed by atoms with E-state index in [0.29, 0.717) is 21.8 Å². The zero-order chi connectivity index (χ0) is 12.4. The first-order valence-corrected chi connectivity index (χ1v) is 6.36. The molecule has 0 aromatic carbocycles. The first-order valence-electron chi connectivity index (χ1n) is 4.76. The molecule has 0 aliphatic heterocycles. The number of hydrazine groups is 1. The molecule has 0 saturated carbocycles. The summed E-state index contributed by atoms with van der Waals surface area (Å²) in [6, 6.07) is 1.70. The largest absolute Gasteiger partial charge is 0.308 e. The molecule has 2 heterocycles. The second-order valence-electron chi connectivity index (χ2n) is 3.25. The maximum Gasteiger partial charge on any atom is 0.191 e. The quantitative estimate of drug-likeness (QED) is 0.382. The van der Waals surface area contributed by atoms with Gasteiger partial charge in [0.25, 0.3) is 0 Å². The van der Waals surface area contributed by atoms with Gasteiger partial charge in [0.15, 0.2) is 11.0 Å². The van der Waals surface area contributed by atoms with Gasteiger partial charge in [-0.25, -0.2) is 20.5 Å². The van der Waals surface area contributed by atoms with E-state index in [1.807, 2.05) is 13.2 Å². The number of thioether (sulfide) groups is 1. The number of nitrogens with one attached hydrogen (secondary N) is 1. The van der Waals surface area contributed by atoms with Crippen molar-refractivity contribution >= 4 is 29.2 Å². The Balaban J connectivity index is 2.50. The molecule has 90 valence electrons. The van der Waals surface area contributed by atoms with Gasteiger partial charge in [-0.1, -0.05) is 23.4 Å². The number of aromatic nitrogens is 4. The van der Waals surface area contributed by atoms with Gasteiger partial charge in [0.05, 0.1) is 16.9 Å². The van der Waals surface area contributed by atoms with Crippen molar-refractivity contribution in [3.8, 4) is 5.82 Å². The summed E-state index contributed by atoms with van der Waals surface area (Å²) in [5.74, 6) is 6.50. The fourth-order valence-corrected chi connectivity index (χ4v) is 1.76. The molecule has 17 heavy (non-hydrogen) atoms. The van der Waals surface area contributed by atoms with E-state index in [0.717, 1.165) is 5.69 Å². The topological polar surface area (TPSA) is 81.6 Å². The second-order valence-corrected chi connectivity index (χ2v) is 4.43. The summed E-state index contributed by atoms with van der Waals surface area (Å²) in [4.78, 5) is 8.49. The Labute approximate surface area is 108 Å². The number of rotatable bonds is 3. The summed E-state index contributed by atoms with van der Waals surface area (Å²) in [7, 11) is 0. The third kappa shape index (κ3) is 2.51. The highest BCUT2D eigenvalue weighted by molar-refractivity contribution is 7.98. The summed E-state index contributed by atoms with van der Waals surface area (Å²) >= 11 is 7.38. The van der Waals surface area contributed by atoms with Crippen LogP contribution in [0.15, 0.2) is 17.4 Å². The molecular formula is C9H11ClN6S. The van der Waals surface area contributed by atoms with Crippen LogP contribution < -0.4 is 11.3 Å². The van der Waals surface area contributed by atoms with E-state index >= 15 is 0 Å². The molecule has 6 nitrogen and oxygen atoms in total. The fraction of sp³-hybridized carbons (Fsp3) is 0.222. The van der Waals surface area contributed by atoms with Crippen molar-refractivity contribution in [3.63, 3.8) is 0 Å². The highest BCUT2D eigenvalue weighted by atomic mass is 35.5. The number of hydrogen-bond donors (Lipinski definition) is 2. The van der Waals surface area contributed by atoms with Gasteiger partial charge in [-0.2, -0.15) is 5.10 Å². The first-order chi connectivity index (χ1) is 8.13. The SMILES string of the molecule is CSc1nc(NN)cc(-n2cc(Cl)c(C)n2)n1. The summed E-state index contributed by atoms with van der Waals surface area (Å²) < 4.78 is 1.60. The molecule has 0 amide bonds. The number of anilines is 1. The van der Waals surface area contributed by atoms with E-state index in [1.165, 1.54) is 11.8 Å². The van der Waals surface area contributed by atoms with Crippen molar-refractivity contribution in [3.05, 3.63) is 23.0 Å². The predicted octanol–water partition coefficient (Wildman–Crippen LogP) is 1.63. The van der Waals surface area contributed by atoms with Crippen molar-refractivity contribution in [1.82, 2.24) is 19.7 Å². The van der Waals surface area contributed by atoms with E-state index in [4.69, 9.17) is 17.4 Å². The molecule has 0 atom stereocenters. The Hall–Kier alpha value is -1.31.